The molecule has 0 saturated heterocycles. The van der Waals surface area contributed by atoms with Crippen LogP contribution in [0.15, 0.2) is 30.3 Å². The van der Waals surface area contributed by atoms with Crippen LogP contribution in [0.25, 0.3) is 0 Å². The topological polar surface area (TPSA) is 87.7 Å². The normalized spacial score (nSPS) is 12.9. The van der Waals surface area contributed by atoms with Gasteiger partial charge in [0.1, 0.15) is 17.7 Å². The number of nitrogens with one attached hydrogen (secondary N) is 2. The van der Waals surface area contributed by atoms with Crippen LogP contribution in [0.2, 0.25) is 0 Å². The predicted molar refractivity (Wildman–Crippen MR) is 154 cm³/mol. The van der Waals surface area contributed by atoms with E-state index in [2.05, 4.69) is 37.1 Å². The monoisotopic (exact) mass is 535 g/mol. The van der Waals surface area contributed by atoms with Gasteiger partial charge in [-0.15, -0.1) is 0 Å². The minimum absolute atomic E-state index is 0.0880. The first kappa shape index (κ1) is 32.8. The molecule has 0 saturated carbocycles. The molecule has 0 aromatic heterocycles. The van der Waals surface area contributed by atoms with Crippen molar-refractivity contribution in [1.82, 2.24) is 15.5 Å². The summed E-state index contributed by atoms with van der Waals surface area (Å²) in [6.45, 7) is 10.6. The van der Waals surface area contributed by atoms with E-state index in [1.54, 1.807) is 25.7 Å². The van der Waals surface area contributed by atoms with Gasteiger partial charge in [-0.05, 0) is 39.2 Å². The minimum Gasteiger partial charge on any atom is -0.444 e. The first-order chi connectivity index (χ1) is 17.6. The third-order valence-corrected chi connectivity index (χ3v) is 6.33. The summed E-state index contributed by atoms with van der Waals surface area (Å²) in [6, 6.07) is 7.65. The van der Waals surface area contributed by atoms with E-state index in [1.165, 1.54) is 12.8 Å². The molecule has 0 aliphatic rings. The Morgan fingerprint density at radius 3 is 2.11 bits per heavy atom. The number of hydrogen-bond acceptors (Lipinski definition) is 5. The number of carbonyl (C=O) groups excluding carboxylic acids is 3. The number of alkyl carbamates (subject to hydrolysis) is 1. The molecule has 7 nitrogen and oxygen atoms in total. The van der Waals surface area contributed by atoms with Crippen LogP contribution in [0.5, 0.6) is 0 Å². The Balaban J connectivity index is 3.20. The van der Waals surface area contributed by atoms with Gasteiger partial charge in [0.05, 0.1) is 0 Å². The van der Waals surface area contributed by atoms with Crippen LogP contribution >= 0.6 is 12.6 Å². The SMILES string of the molecule is CCCCCCCCN(C(=O)C(CS)NC(=O)OC(C)(C)C)C(C(=O)NCCCCC)c1ccccc1. The average molecular weight is 536 g/mol. The highest BCUT2D eigenvalue weighted by Crippen LogP contribution is 2.24. The van der Waals surface area contributed by atoms with Gasteiger partial charge in [0.15, 0.2) is 0 Å². The second kappa shape index (κ2) is 18.1. The van der Waals surface area contributed by atoms with Gasteiger partial charge in [-0.25, -0.2) is 4.79 Å². The van der Waals surface area contributed by atoms with Gasteiger partial charge in [-0.3, -0.25) is 9.59 Å². The number of ether oxygens (including phenoxy) is 1. The van der Waals surface area contributed by atoms with Crippen LogP contribution in [0.3, 0.4) is 0 Å². The average Bonchev–Trinajstić information content (AvgIpc) is 2.85. The lowest BCUT2D eigenvalue weighted by Crippen LogP contribution is -2.54. The summed E-state index contributed by atoms with van der Waals surface area (Å²) >= 11 is 4.35. The van der Waals surface area contributed by atoms with Crippen molar-refractivity contribution in [3.8, 4) is 0 Å². The Morgan fingerprint density at radius 2 is 1.51 bits per heavy atom. The number of thiol groups is 1. The maximum Gasteiger partial charge on any atom is 0.408 e. The molecule has 2 atom stereocenters. The lowest BCUT2D eigenvalue weighted by molar-refractivity contribution is -0.142. The molecule has 2 N–H and O–H groups in total. The molecule has 0 heterocycles. The number of hydrogen-bond donors (Lipinski definition) is 3. The summed E-state index contributed by atoms with van der Waals surface area (Å²) in [7, 11) is 0. The Hall–Kier alpha value is -2.22. The molecule has 0 aliphatic carbocycles. The Labute approximate surface area is 229 Å². The first-order valence-corrected chi connectivity index (χ1v) is 14.5. The van der Waals surface area contributed by atoms with Gasteiger partial charge in [-0.1, -0.05) is 89.1 Å². The van der Waals surface area contributed by atoms with Gasteiger partial charge < -0.3 is 20.3 Å². The van der Waals surface area contributed by atoms with Crippen LogP contribution in [-0.2, 0) is 14.3 Å². The maximum absolute atomic E-state index is 13.9. The largest absolute Gasteiger partial charge is 0.444 e. The van der Waals surface area contributed by atoms with Crippen molar-refractivity contribution in [2.75, 3.05) is 18.8 Å². The molecule has 0 radical (unpaired) electrons. The van der Waals surface area contributed by atoms with E-state index in [4.69, 9.17) is 4.74 Å². The van der Waals surface area contributed by atoms with Crippen molar-refractivity contribution in [1.29, 1.82) is 0 Å². The lowest BCUT2D eigenvalue weighted by atomic mass is 10.0. The van der Waals surface area contributed by atoms with Crippen molar-refractivity contribution in [3.05, 3.63) is 35.9 Å². The summed E-state index contributed by atoms with van der Waals surface area (Å²) in [6.07, 6.45) is 8.62. The van der Waals surface area contributed by atoms with E-state index in [0.29, 0.717) is 13.1 Å². The summed E-state index contributed by atoms with van der Waals surface area (Å²) < 4.78 is 5.37. The first-order valence-electron chi connectivity index (χ1n) is 13.9. The zero-order valence-corrected chi connectivity index (χ0v) is 24.4. The number of amides is 3. The van der Waals surface area contributed by atoms with E-state index >= 15 is 0 Å². The smallest absolute Gasteiger partial charge is 0.408 e. The van der Waals surface area contributed by atoms with Crippen molar-refractivity contribution in [2.24, 2.45) is 0 Å². The van der Waals surface area contributed by atoms with E-state index in [0.717, 1.165) is 50.5 Å². The second-order valence-electron chi connectivity index (χ2n) is 10.5. The summed E-state index contributed by atoms with van der Waals surface area (Å²) in [5.41, 5.74) is 0.0437. The van der Waals surface area contributed by atoms with E-state index in [9.17, 15) is 14.4 Å². The molecule has 210 valence electrons. The fraction of sp³-hybridized carbons (Fsp3) is 0.690. The van der Waals surface area contributed by atoms with Crippen molar-refractivity contribution in [2.45, 2.75) is 110 Å². The van der Waals surface area contributed by atoms with Gasteiger partial charge >= 0.3 is 6.09 Å². The number of rotatable bonds is 17. The van der Waals surface area contributed by atoms with Crippen LogP contribution in [-0.4, -0.2) is 53.3 Å². The molecule has 2 unspecified atom stereocenters. The molecule has 1 aromatic rings. The summed E-state index contributed by atoms with van der Waals surface area (Å²) in [5.74, 6) is -0.464. The third kappa shape index (κ3) is 13.2. The molecule has 8 heteroatoms. The predicted octanol–water partition coefficient (Wildman–Crippen LogP) is 6.05. The number of benzene rings is 1. The number of nitrogens with zero attached hydrogens (tertiary/aromatic N) is 1. The fourth-order valence-electron chi connectivity index (χ4n) is 4.06. The molecule has 3 amide bonds. The van der Waals surface area contributed by atoms with Gasteiger partial charge in [0.25, 0.3) is 0 Å². The molecule has 1 rings (SSSR count). The van der Waals surface area contributed by atoms with Crippen molar-refractivity contribution in [3.63, 3.8) is 0 Å². The standard InChI is InChI=1S/C29H49N3O4S/c1-6-8-10-11-12-17-21-32(27(34)24(22-37)31-28(35)36-29(3,4)5)25(23-18-14-13-15-19-23)26(33)30-20-16-9-7-2/h13-15,18-19,24-25,37H,6-12,16-17,20-22H2,1-5H3,(H,30,33)(H,31,35). The van der Waals surface area contributed by atoms with Crippen LogP contribution in [0.1, 0.15) is 104 Å². The van der Waals surface area contributed by atoms with Crippen LogP contribution in [0.4, 0.5) is 4.79 Å². The molecule has 0 bridgehead atoms. The Kier molecular flexibility index (Phi) is 16.1. The Bertz CT molecular complexity index is 798. The molecule has 0 aliphatic heterocycles. The molecule has 37 heavy (non-hydrogen) atoms. The minimum atomic E-state index is -0.919. The lowest BCUT2D eigenvalue weighted by Gasteiger charge is -2.34. The highest BCUT2D eigenvalue weighted by atomic mass is 32.1. The zero-order chi connectivity index (χ0) is 27.7. The molecular weight excluding hydrogens is 486 g/mol. The van der Waals surface area contributed by atoms with E-state index in [1.807, 2.05) is 30.3 Å². The van der Waals surface area contributed by atoms with Gasteiger partial charge in [0, 0.05) is 18.8 Å². The fourth-order valence-corrected chi connectivity index (χ4v) is 4.30. The molecule has 1 aromatic carbocycles. The van der Waals surface area contributed by atoms with Crippen LogP contribution in [0, 0.1) is 0 Å². The molecular formula is C29H49N3O4S. The molecule has 0 spiro atoms. The van der Waals surface area contributed by atoms with E-state index < -0.39 is 23.8 Å². The van der Waals surface area contributed by atoms with Crippen molar-refractivity contribution >= 4 is 30.5 Å². The number of unbranched alkanes of at least 4 members (excludes halogenated alkanes) is 7. The molecule has 0 fully saturated rings. The third-order valence-electron chi connectivity index (χ3n) is 5.96. The second-order valence-corrected chi connectivity index (χ2v) is 10.9. The highest BCUT2D eigenvalue weighted by Gasteiger charge is 2.35. The van der Waals surface area contributed by atoms with Crippen LogP contribution < -0.4 is 10.6 Å². The van der Waals surface area contributed by atoms with Gasteiger partial charge in [-0.2, -0.15) is 12.6 Å². The zero-order valence-electron chi connectivity index (χ0n) is 23.6. The quantitative estimate of drug-likeness (QED) is 0.167. The maximum atomic E-state index is 13.9. The Morgan fingerprint density at radius 1 is 0.919 bits per heavy atom. The van der Waals surface area contributed by atoms with Crippen molar-refractivity contribution < 1.29 is 19.1 Å². The van der Waals surface area contributed by atoms with E-state index in [-0.39, 0.29) is 17.6 Å². The highest BCUT2D eigenvalue weighted by molar-refractivity contribution is 7.80. The van der Waals surface area contributed by atoms with Gasteiger partial charge in [0.2, 0.25) is 11.8 Å². The summed E-state index contributed by atoms with van der Waals surface area (Å²) in [4.78, 5) is 41.5. The summed E-state index contributed by atoms with van der Waals surface area (Å²) in [5, 5.41) is 5.70. The number of carbonyl (C=O) groups is 3.